The highest BCUT2D eigenvalue weighted by atomic mass is 16.4. The first-order valence-electron chi connectivity index (χ1n) is 6.29. The van der Waals surface area contributed by atoms with Crippen molar-refractivity contribution in [1.29, 1.82) is 0 Å². The molecule has 7 heteroatoms. The number of carbonyl (C=O) groups excluding carboxylic acids is 1. The molecule has 2 heterocycles. The van der Waals surface area contributed by atoms with Crippen molar-refractivity contribution in [3.63, 3.8) is 0 Å². The molecule has 2 N–H and O–H groups in total. The number of rotatable bonds is 4. The number of nitrogens with zero attached hydrogens (tertiary/aromatic N) is 3. The van der Waals surface area contributed by atoms with Crippen LogP contribution >= 0.6 is 0 Å². The van der Waals surface area contributed by atoms with Gasteiger partial charge in [-0.15, -0.1) is 0 Å². The molecule has 0 bridgehead atoms. The second kappa shape index (κ2) is 5.28. The molecule has 106 valence electrons. The maximum Gasteiger partial charge on any atom is 0.326 e. The Balaban J connectivity index is 2.35. The van der Waals surface area contributed by atoms with Crippen molar-refractivity contribution in [3.8, 4) is 0 Å². The fourth-order valence-corrected chi connectivity index (χ4v) is 1.96. The number of aromatic nitrogens is 3. The number of hydrogen-bond donors (Lipinski definition) is 2. The molecule has 20 heavy (non-hydrogen) atoms. The normalized spacial score (nSPS) is 12.3. The van der Waals surface area contributed by atoms with E-state index in [9.17, 15) is 9.59 Å². The third kappa shape index (κ3) is 2.47. The van der Waals surface area contributed by atoms with Crippen LogP contribution in [0.4, 0.5) is 0 Å². The lowest BCUT2D eigenvalue weighted by atomic mass is 10.2. The van der Waals surface area contributed by atoms with Crippen LogP contribution in [0.2, 0.25) is 0 Å². The summed E-state index contributed by atoms with van der Waals surface area (Å²) >= 11 is 0. The van der Waals surface area contributed by atoms with Gasteiger partial charge in [0.2, 0.25) is 0 Å². The lowest BCUT2D eigenvalue weighted by Gasteiger charge is -2.13. The highest BCUT2D eigenvalue weighted by Crippen LogP contribution is 2.11. The summed E-state index contributed by atoms with van der Waals surface area (Å²) in [7, 11) is 0. The number of carboxylic acid groups (broad SMARTS) is 1. The highest BCUT2D eigenvalue weighted by Gasteiger charge is 2.21. The molecule has 0 aliphatic carbocycles. The van der Waals surface area contributed by atoms with Crippen molar-refractivity contribution in [2.24, 2.45) is 0 Å². The summed E-state index contributed by atoms with van der Waals surface area (Å²) in [6.45, 7) is 5.29. The van der Waals surface area contributed by atoms with Crippen LogP contribution in [-0.2, 0) is 4.79 Å². The second-order valence-electron chi connectivity index (χ2n) is 4.59. The summed E-state index contributed by atoms with van der Waals surface area (Å²) in [5.41, 5.74) is 2.40. The zero-order valence-corrected chi connectivity index (χ0v) is 11.5. The molecule has 0 unspecified atom stereocenters. The number of carboxylic acids is 1. The fourth-order valence-electron chi connectivity index (χ4n) is 1.96. The number of fused-ring (bicyclic) bond motifs is 1. The van der Waals surface area contributed by atoms with Gasteiger partial charge in [0.25, 0.3) is 5.91 Å². The second-order valence-corrected chi connectivity index (χ2v) is 4.59. The Morgan fingerprint density at radius 3 is 2.75 bits per heavy atom. The van der Waals surface area contributed by atoms with Crippen molar-refractivity contribution in [3.05, 3.63) is 29.2 Å². The molecule has 0 aliphatic rings. The monoisotopic (exact) mass is 276 g/mol. The molecule has 0 radical (unpaired) electrons. The van der Waals surface area contributed by atoms with Crippen LogP contribution in [0, 0.1) is 13.8 Å². The molecule has 0 aliphatic heterocycles. The van der Waals surface area contributed by atoms with Crippen molar-refractivity contribution in [2.45, 2.75) is 33.2 Å². The van der Waals surface area contributed by atoms with Crippen LogP contribution in [0.3, 0.4) is 0 Å². The first-order chi connectivity index (χ1) is 9.43. The van der Waals surface area contributed by atoms with E-state index in [1.807, 2.05) is 6.92 Å². The Bertz CT molecular complexity index is 678. The number of nitrogens with one attached hydrogen (secondary N) is 1. The molecular weight excluding hydrogens is 260 g/mol. The minimum atomic E-state index is -1.05. The van der Waals surface area contributed by atoms with E-state index in [2.05, 4.69) is 15.4 Å². The number of carbonyl (C=O) groups is 2. The van der Waals surface area contributed by atoms with Crippen LogP contribution in [-0.4, -0.2) is 37.6 Å². The van der Waals surface area contributed by atoms with Gasteiger partial charge in [0, 0.05) is 12.3 Å². The van der Waals surface area contributed by atoms with E-state index in [-0.39, 0.29) is 0 Å². The molecular formula is C13H16N4O3. The maximum atomic E-state index is 12.1. The van der Waals surface area contributed by atoms with Gasteiger partial charge < -0.3 is 10.4 Å². The molecule has 1 atom stereocenters. The quantitative estimate of drug-likeness (QED) is 0.866. The fraction of sp³-hybridized carbons (Fsp3) is 0.385. The summed E-state index contributed by atoms with van der Waals surface area (Å²) in [5, 5.41) is 15.7. The molecule has 1 amide bonds. The third-order valence-electron chi connectivity index (χ3n) is 3.10. The smallest absolute Gasteiger partial charge is 0.326 e. The first-order valence-corrected chi connectivity index (χ1v) is 6.29. The van der Waals surface area contributed by atoms with E-state index in [4.69, 9.17) is 5.11 Å². The van der Waals surface area contributed by atoms with Gasteiger partial charge in [-0.3, -0.25) is 4.79 Å². The lowest BCUT2D eigenvalue weighted by molar-refractivity contribution is -0.139. The largest absolute Gasteiger partial charge is 0.480 e. The standard InChI is InChI=1S/C13H16N4O3/c1-4-10(13(19)20)15-12(18)9-6-14-11-5-7(2)16-17(11)8(9)3/h5-6,10H,4H2,1-3H3,(H,15,18)(H,19,20)/t10-/m0/s1. The summed E-state index contributed by atoms with van der Waals surface area (Å²) in [5.74, 6) is -1.51. The average Bonchev–Trinajstić information content (AvgIpc) is 2.77. The third-order valence-corrected chi connectivity index (χ3v) is 3.10. The lowest BCUT2D eigenvalue weighted by Crippen LogP contribution is -2.40. The van der Waals surface area contributed by atoms with Crippen molar-refractivity contribution >= 4 is 17.5 Å². The van der Waals surface area contributed by atoms with Crippen LogP contribution in [0.1, 0.15) is 35.1 Å². The summed E-state index contributed by atoms with van der Waals surface area (Å²) in [4.78, 5) is 27.2. The highest BCUT2D eigenvalue weighted by molar-refractivity contribution is 5.97. The van der Waals surface area contributed by atoms with Crippen LogP contribution in [0.25, 0.3) is 5.65 Å². The molecule has 0 saturated heterocycles. The summed E-state index contributed by atoms with van der Waals surface area (Å²) in [6.07, 6.45) is 1.76. The Kier molecular flexibility index (Phi) is 3.69. The summed E-state index contributed by atoms with van der Waals surface area (Å²) in [6, 6.07) is 0.901. The van der Waals surface area contributed by atoms with Gasteiger partial charge in [-0.05, 0) is 20.3 Å². The van der Waals surface area contributed by atoms with Crippen LogP contribution in [0.15, 0.2) is 12.3 Å². The van der Waals surface area contributed by atoms with Gasteiger partial charge in [0.1, 0.15) is 6.04 Å². The zero-order chi connectivity index (χ0) is 14.9. The SMILES string of the molecule is CC[C@H](NC(=O)c1cnc2cc(C)nn2c1C)C(=O)O. The average molecular weight is 276 g/mol. The Morgan fingerprint density at radius 1 is 1.45 bits per heavy atom. The van der Waals surface area contributed by atoms with Gasteiger partial charge in [0.05, 0.1) is 17.0 Å². The first kappa shape index (κ1) is 14.0. The predicted molar refractivity (Wildman–Crippen MR) is 71.6 cm³/mol. The van der Waals surface area contributed by atoms with Gasteiger partial charge in [-0.2, -0.15) is 5.10 Å². The number of aliphatic carboxylic acids is 1. The topological polar surface area (TPSA) is 96.6 Å². The van der Waals surface area contributed by atoms with E-state index < -0.39 is 17.9 Å². The number of amides is 1. The van der Waals surface area contributed by atoms with Crippen molar-refractivity contribution in [2.75, 3.05) is 0 Å². The Morgan fingerprint density at radius 2 is 2.15 bits per heavy atom. The molecule has 2 rings (SSSR count). The Labute approximate surface area is 115 Å². The van der Waals surface area contributed by atoms with E-state index in [1.165, 1.54) is 6.20 Å². The van der Waals surface area contributed by atoms with Crippen LogP contribution < -0.4 is 5.32 Å². The maximum absolute atomic E-state index is 12.1. The molecule has 2 aromatic heterocycles. The van der Waals surface area contributed by atoms with E-state index in [1.54, 1.807) is 24.4 Å². The van der Waals surface area contributed by atoms with Gasteiger partial charge in [-0.25, -0.2) is 14.3 Å². The molecule has 0 aromatic carbocycles. The summed E-state index contributed by atoms with van der Waals surface area (Å²) < 4.78 is 1.58. The van der Waals surface area contributed by atoms with E-state index in [0.29, 0.717) is 23.3 Å². The zero-order valence-electron chi connectivity index (χ0n) is 11.5. The van der Waals surface area contributed by atoms with E-state index >= 15 is 0 Å². The molecule has 0 spiro atoms. The molecule has 2 aromatic rings. The molecule has 0 fully saturated rings. The van der Waals surface area contributed by atoms with E-state index in [0.717, 1.165) is 5.69 Å². The number of aryl methyl sites for hydroxylation is 2. The minimum Gasteiger partial charge on any atom is -0.480 e. The predicted octanol–water partition coefficient (Wildman–Crippen LogP) is 0.939. The van der Waals surface area contributed by atoms with Crippen molar-refractivity contribution < 1.29 is 14.7 Å². The molecule has 0 saturated carbocycles. The van der Waals surface area contributed by atoms with Gasteiger partial charge >= 0.3 is 5.97 Å². The van der Waals surface area contributed by atoms with Gasteiger partial charge in [0.15, 0.2) is 5.65 Å². The molecule has 7 nitrogen and oxygen atoms in total. The minimum absolute atomic E-state index is 0.316. The van der Waals surface area contributed by atoms with Gasteiger partial charge in [-0.1, -0.05) is 6.92 Å². The number of hydrogen-bond acceptors (Lipinski definition) is 4. The van der Waals surface area contributed by atoms with Crippen LogP contribution in [0.5, 0.6) is 0 Å². The van der Waals surface area contributed by atoms with Crippen molar-refractivity contribution in [1.82, 2.24) is 19.9 Å². The Hall–Kier alpha value is -2.44.